The van der Waals surface area contributed by atoms with Crippen molar-refractivity contribution in [2.24, 2.45) is 0 Å². The van der Waals surface area contributed by atoms with E-state index in [1.165, 1.54) is 18.5 Å². The predicted octanol–water partition coefficient (Wildman–Crippen LogP) is 4.15. The van der Waals surface area contributed by atoms with E-state index in [-0.39, 0.29) is 11.4 Å². The van der Waals surface area contributed by atoms with E-state index in [2.05, 4.69) is 20.6 Å². The van der Waals surface area contributed by atoms with E-state index in [0.29, 0.717) is 12.4 Å². The Hall–Kier alpha value is -3.55. The molecule has 2 N–H and O–H groups in total. The van der Waals surface area contributed by atoms with Crippen LogP contribution in [-0.4, -0.2) is 22.5 Å². The normalized spacial score (nSPS) is 10.3. The van der Waals surface area contributed by atoms with Crippen LogP contribution in [0.4, 0.5) is 26.0 Å². The molecule has 3 rings (SSSR count). The molecule has 0 radical (unpaired) electrons. The first-order valence-electron chi connectivity index (χ1n) is 8.13. The van der Waals surface area contributed by atoms with E-state index < -0.39 is 17.5 Å². The Bertz CT molecular complexity index is 949. The zero-order valence-electron chi connectivity index (χ0n) is 14.4. The third-order valence-corrected chi connectivity index (χ3v) is 3.51. The van der Waals surface area contributed by atoms with Crippen molar-refractivity contribution in [2.45, 2.75) is 6.92 Å². The van der Waals surface area contributed by atoms with Crippen LogP contribution in [0.2, 0.25) is 0 Å². The smallest absolute Gasteiger partial charge is 0.274 e. The van der Waals surface area contributed by atoms with Gasteiger partial charge in [-0.05, 0) is 43.3 Å². The molecule has 0 fully saturated rings. The van der Waals surface area contributed by atoms with E-state index >= 15 is 0 Å². The molecule has 0 bridgehead atoms. The van der Waals surface area contributed by atoms with Gasteiger partial charge in [-0.3, -0.25) is 4.79 Å². The molecule has 1 aromatic heterocycles. The van der Waals surface area contributed by atoms with E-state index in [1.807, 2.05) is 31.2 Å². The highest BCUT2D eigenvalue weighted by Crippen LogP contribution is 2.19. The molecule has 138 valence electrons. The summed E-state index contributed by atoms with van der Waals surface area (Å²) in [6, 6.07) is 11.8. The van der Waals surface area contributed by atoms with Crippen molar-refractivity contribution in [1.82, 2.24) is 9.97 Å². The van der Waals surface area contributed by atoms with Gasteiger partial charge in [0.1, 0.15) is 23.6 Å². The zero-order chi connectivity index (χ0) is 19.2. The van der Waals surface area contributed by atoms with Gasteiger partial charge in [0.25, 0.3) is 5.91 Å². The van der Waals surface area contributed by atoms with Gasteiger partial charge in [-0.1, -0.05) is 0 Å². The molecule has 27 heavy (non-hydrogen) atoms. The van der Waals surface area contributed by atoms with Gasteiger partial charge in [0.15, 0.2) is 11.6 Å². The number of hydrogen-bond donors (Lipinski definition) is 2. The van der Waals surface area contributed by atoms with Crippen molar-refractivity contribution < 1.29 is 18.3 Å². The van der Waals surface area contributed by atoms with Gasteiger partial charge in [0.05, 0.1) is 6.61 Å². The molecule has 0 spiro atoms. The highest BCUT2D eigenvalue weighted by atomic mass is 19.2. The number of anilines is 3. The number of carbonyl (C=O) groups excluding carboxylic acids is 1. The molecule has 2 aromatic carbocycles. The minimum absolute atomic E-state index is 0.0724. The lowest BCUT2D eigenvalue weighted by molar-refractivity contribution is 0.102. The molecule has 6 nitrogen and oxygen atoms in total. The topological polar surface area (TPSA) is 76.1 Å². The van der Waals surface area contributed by atoms with Gasteiger partial charge in [0, 0.05) is 23.5 Å². The first kappa shape index (κ1) is 18.2. The summed E-state index contributed by atoms with van der Waals surface area (Å²) in [5.41, 5.74) is 0.950. The summed E-state index contributed by atoms with van der Waals surface area (Å²) in [4.78, 5) is 20.2. The number of aromatic nitrogens is 2. The molecule has 3 aromatic rings. The first-order chi connectivity index (χ1) is 13.0. The van der Waals surface area contributed by atoms with Crippen LogP contribution in [0.15, 0.2) is 54.9 Å². The van der Waals surface area contributed by atoms with Crippen molar-refractivity contribution in [3.05, 3.63) is 72.2 Å². The largest absolute Gasteiger partial charge is 0.494 e. The van der Waals surface area contributed by atoms with Crippen molar-refractivity contribution in [1.29, 1.82) is 0 Å². The lowest BCUT2D eigenvalue weighted by Crippen LogP contribution is -2.14. The molecule has 0 unspecified atom stereocenters. The summed E-state index contributed by atoms with van der Waals surface area (Å²) >= 11 is 0. The molecule has 0 aliphatic carbocycles. The fraction of sp³-hybridized carbons (Fsp3) is 0.105. The quantitative estimate of drug-likeness (QED) is 0.682. The average molecular weight is 370 g/mol. The number of amides is 1. The van der Waals surface area contributed by atoms with E-state index in [1.54, 1.807) is 0 Å². The monoisotopic (exact) mass is 370 g/mol. The van der Waals surface area contributed by atoms with Crippen LogP contribution >= 0.6 is 0 Å². The molecular formula is C19H16F2N4O2. The Balaban J connectivity index is 1.70. The van der Waals surface area contributed by atoms with Gasteiger partial charge in [0.2, 0.25) is 0 Å². The molecule has 8 heteroatoms. The summed E-state index contributed by atoms with van der Waals surface area (Å²) in [6.07, 6.45) is 1.23. The van der Waals surface area contributed by atoms with Crippen molar-refractivity contribution in [3.63, 3.8) is 0 Å². The standard InChI is InChI=1S/C19H16F2N4O2/c1-2-27-14-6-3-12(4-7-14)24-18-10-17(22-11-23-18)19(26)25-13-5-8-15(20)16(21)9-13/h3-11H,2H2,1H3,(H,25,26)(H,22,23,24). The molecule has 0 saturated heterocycles. The molecule has 0 saturated carbocycles. The van der Waals surface area contributed by atoms with Crippen LogP contribution < -0.4 is 15.4 Å². The van der Waals surface area contributed by atoms with Gasteiger partial charge in [-0.15, -0.1) is 0 Å². The average Bonchev–Trinajstić information content (AvgIpc) is 2.67. The summed E-state index contributed by atoms with van der Waals surface area (Å²) in [6.45, 7) is 2.48. The van der Waals surface area contributed by atoms with Crippen molar-refractivity contribution in [3.8, 4) is 5.75 Å². The number of halogens is 2. The highest BCUT2D eigenvalue weighted by molar-refractivity contribution is 6.03. The van der Waals surface area contributed by atoms with Crippen LogP contribution in [0, 0.1) is 11.6 Å². The number of benzene rings is 2. The molecule has 0 atom stereocenters. The lowest BCUT2D eigenvalue weighted by atomic mass is 10.2. The number of nitrogens with one attached hydrogen (secondary N) is 2. The number of nitrogens with zero attached hydrogens (tertiary/aromatic N) is 2. The van der Waals surface area contributed by atoms with E-state index in [9.17, 15) is 13.6 Å². The second kappa shape index (κ2) is 8.22. The number of rotatable bonds is 6. The fourth-order valence-corrected chi connectivity index (χ4v) is 2.27. The Labute approximate surface area is 154 Å². The van der Waals surface area contributed by atoms with Crippen LogP contribution in [0.25, 0.3) is 0 Å². The van der Waals surface area contributed by atoms with Crippen LogP contribution in [0.5, 0.6) is 5.75 Å². The maximum Gasteiger partial charge on any atom is 0.274 e. The minimum Gasteiger partial charge on any atom is -0.494 e. The third-order valence-electron chi connectivity index (χ3n) is 3.51. The lowest BCUT2D eigenvalue weighted by Gasteiger charge is -2.09. The number of hydrogen-bond acceptors (Lipinski definition) is 5. The maximum atomic E-state index is 13.2. The molecule has 1 heterocycles. The van der Waals surface area contributed by atoms with Crippen LogP contribution in [0.1, 0.15) is 17.4 Å². The van der Waals surface area contributed by atoms with Crippen LogP contribution in [0.3, 0.4) is 0 Å². The number of carbonyl (C=O) groups is 1. The summed E-state index contributed by atoms with van der Waals surface area (Å²) in [5, 5.41) is 5.51. The van der Waals surface area contributed by atoms with Gasteiger partial charge < -0.3 is 15.4 Å². The Morgan fingerprint density at radius 3 is 2.44 bits per heavy atom. The van der Waals surface area contributed by atoms with Crippen molar-refractivity contribution >= 4 is 23.1 Å². The van der Waals surface area contributed by atoms with Gasteiger partial charge in [-0.25, -0.2) is 18.7 Å². The Kier molecular flexibility index (Phi) is 5.55. The van der Waals surface area contributed by atoms with Gasteiger partial charge in [-0.2, -0.15) is 0 Å². The highest BCUT2D eigenvalue weighted by Gasteiger charge is 2.11. The molecule has 1 amide bonds. The summed E-state index contributed by atoms with van der Waals surface area (Å²) < 4.78 is 31.6. The third kappa shape index (κ3) is 4.75. The van der Waals surface area contributed by atoms with Crippen LogP contribution in [-0.2, 0) is 0 Å². The van der Waals surface area contributed by atoms with E-state index in [0.717, 1.165) is 23.6 Å². The zero-order valence-corrected chi connectivity index (χ0v) is 14.4. The van der Waals surface area contributed by atoms with Gasteiger partial charge >= 0.3 is 0 Å². The first-order valence-corrected chi connectivity index (χ1v) is 8.13. The van der Waals surface area contributed by atoms with Crippen molar-refractivity contribution in [2.75, 3.05) is 17.2 Å². The predicted molar refractivity (Wildman–Crippen MR) is 97.2 cm³/mol. The summed E-state index contributed by atoms with van der Waals surface area (Å²) in [5.74, 6) is -1.45. The van der Waals surface area contributed by atoms with E-state index in [4.69, 9.17) is 4.74 Å². The SMILES string of the molecule is CCOc1ccc(Nc2cc(C(=O)Nc3ccc(F)c(F)c3)ncn2)cc1. The molecular weight excluding hydrogens is 354 g/mol. The Morgan fingerprint density at radius 2 is 1.74 bits per heavy atom. The minimum atomic E-state index is -1.05. The fourth-order valence-electron chi connectivity index (χ4n) is 2.27. The molecule has 0 aliphatic rings. The second-order valence-corrected chi connectivity index (χ2v) is 5.45. The Morgan fingerprint density at radius 1 is 1.00 bits per heavy atom. The molecule has 0 aliphatic heterocycles. The number of ether oxygens (including phenoxy) is 1. The maximum absolute atomic E-state index is 13.2. The summed E-state index contributed by atoms with van der Waals surface area (Å²) in [7, 11) is 0. The second-order valence-electron chi connectivity index (χ2n) is 5.45.